The van der Waals surface area contributed by atoms with E-state index in [9.17, 15) is 4.79 Å². The molecule has 0 aromatic carbocycles. The molecule has 1 amide bonds. The van der Waals surface area contributed by atoms with E-state index in [0.717, 1.165) is 38.0 Å². The molecule has 0 atom stereocenters. The predicted octanol–water partition coefficient (Wildman–Crippen LogP) is 4.23. The van der Waals surface area contributed by atoms with Gasteiger partial charge in [0.1, 0.15) is 0 Å². The third-order valence-corrected chi connectivity index (χ3v) is 4.20. The highest BCUT2D eigenvalue weighted by Crippen LogP contribution is 2.23. The number of likely N-dealkylation sites (tertiary alicyclic amines) is 1. The minimum Gasteiger partial charge on any atom is -0.375 e. The van der Waals surface area contributed by atoms with Crippen LogP contribution in [-0.4, -0.2) is 42.9 Å². The van der Waals surface area contributed by atoms with E-state index in [4.69, 9.17) is 17.4 Å². The normalized spacial score (nSPS) is 15.2. The molecule has 1 aliphatic heterocycles. The van der Waals surface area contributed by atoms with Crippen molar-refractivity contribution in [1.29, 1.82) is 0 Å². The zero-order chi connectivity index (χ0) is 20.7. The molecule has 1 saturated heterocycles. The number of nitrogens with one attached hydrogen (secondary N) is 1. The van der Waals surface area contributed by atoms with Crippen LogP contribution in [0.15, 0.2) is 35.2 Å². The van der Waals surface area contributed by atoms with Gasteiger partial charge in [-0.15, -0.1) is 0 Å². The average Bonchev–Trinajstić information content (AvgIpc) is 2.63. The lowest BCUT2D eigenvalue weighted by atomic mass is 9.93. The second kappa shape index (κ2) is 15.8. The molecule has 0 radical (unpaired) electrons. The van der Waals surface area contributed by atoms with Crippen molar-refractivity contribution >= 4 is 17.5 Å². The smallest absolute Gasteiger partial charge is 0.222 e. The first-order valence-electron chi connectivity index (χ1n) is 9.28. The maximum Gasteiger partial charge on any atom is 0.222 e. The van der Waals surface area contributed by atoms with Gasteiger partial charge >= 0.3 is 0 Å². The summed E-state index contributed by atoms with van der Waals surface area (Å²) in [5.74, 6) is 5.85. The number of hydrogen-bond donors (Lipinski definition) is 2. The lowest BCUT2D eigenvalue weighted by molar-refractivity contribution is -0.130. The summed E-state index contributed by atoms with van der Waals surface area (Å²) in [6.07, 6.45) is 6.80. The predicted molar refractivity (Wildman–Crippen MR) is 114 cm³/mol. The molecule has 1 aliphatic rings. The number of hydrazine groups is 1. The fraction of sp³-hybridized carbons (Fsp3) is 0.650. The molecular weight excluding hydrogens is 348 g/mol. The number of piperidine rings is 1. The summed E-state index contributed by atoms with van der Waals surface area (Å²) >= 11 is 5.38. The SMILES string of the molecule is C/C=C(/C)N1CCC(CC(=O)N(C)C)CC1.C=C(Cl)/C=C(\C)NN.CC. The Morgan fingerprint density at radius 2 is 1.81 bits per heavy atom. The number of halogens is 1. The molecule has 3 N–H and O–H groups in total. The molecule has 0 aliphatic carbocycles. The van der Waals surface area contributed by atoms with Crippen molar-refractivity contribution in [3.05, 3.63) is 35.2 Å². The largest absolute Gasteiger partial charge is 0.375 e. The quantitative estimate of drug-likeness (QED) is 0.421. The van der Waals surface area contributed by atoms with Crippen LogP contribution in [0.3, 0.4) is 0 Å². The Balaban J connectivity index is 0. The molecule has 5 nitrogen and oxygen atoms in total. The Morgan fingerprint density at radius 1 is 1.31 bits per heavy atom. The second-order valence-electron chi connectivity index (χ2n) is 6.27. The summed E-state index contributed by atoms with van der Waals surface area (Å²) in [6.45, 7) is 15.7. The van der Waals surface area contributed by atoms with Crippen molar-refractivity contribution in [3.8, 4) is 0 Å². The highest BCUT2D eigenvalue weighted by Gasteiger charge is 2.21. The molecule has 0 aromatic rings. The Labute approximate surface area is 165 Å². The van der Waals surface area contributed by atoms with Crippen molar-refractivity contribution in [1.82, 2.24) is 15.2 Å². The van der Waals surface area contributed by atoms with Crippen LogP contribution in [-0.2, 0) is 4.79 Å². The first-order valence-corrected chi connectivity index (χ1v) is 9.66. The molecule has 0 saturated carbocycles. The number of carbonyl (C=O) groups is 1. The molecule has 26 heavy (non-hydrogen) atoms. The van der Waals surface area contributed by atoms with Crippen LogP contribution in [0.5, 0.6) is 0 Å². The first-order chi connectivity index (χ1) is 12.2. The monoisotopic (exact) mass is 386 g/mol. The molecular formula is C20H39ClN4O. The molecule has 1 heterocycles. The highest BCUT2D eigenvalue weighted by atomic mass is 35.5. The van der Waals surface area contributed by atoms with Gasteiger partial charge in [0.2, 0.25) is 5.91 Å². The van der Waals surface area contributed by atoms with Gasteiger partial charge in [-0.05, 0) is 45.6 Å². The molecule has 0 spiro atoms. The lowest BCUT2D eigenvalue weighted by Gasteiger charge is -2.34. The van der Waals surface area contributed by atoms with Crippen LogP contribution < -0.4 is 11.3 Å². The summed E-state index contributed by atoms with van der Waals surface area (Å²) in [5, 5.41) is 0.473. The zero-order valence-corrected chi connectivity index (χ0v) is 18.5. The summed E-state index contributed by atoms with van der Waals surface area (Å²) in [4.78, 5) is 15.7. The number of allylic oxidation sites excluding steroid dienone is 5. The Hall–Kier alpha value is -1.46. The van der Waals surface area contributed by atoms with Crippen LogP contribution in [0, 0.1) is 5.92 Å². The van der Waals surface area contributed by atoms with Gasteiger partial charge in [0, 0.05) is 50.0 Å². The Morgan fingerprint density at radius 3 is 2.12 bits per heavy atom. The number of nitrogens with zero attached hydrogens (tertiary/aromatic N) is 2. The van der Waals surface area contributed by atoms with E-state index in [1.165, 1.54) is 5.70 Å². The number of hydrogen-bond acceptors (Lipinski definition) is 4. The van der Waals surface area contributed by atoms with Gasteiger partial charge in [-0.1, -0.05) is 38.1 Å². The van der Waals surface area contributed by atoms with Crippen LogP contribution in [0.2, 0.25) is 0 Å². The average molecular weight is 387 g/mol. The van der Waals surface area contributed by atoms with Crippen molar-refractivity contribution < 1.29 is 4.79 Å². The van der Waals surface area contributed by atoms with Gasteiger partial charge < -0.3 is 15.2 Å². The fourth-order valence-electron chi connectivity index (χ4n) is 2.38. The third-order valence-electron chi connectivity index (χ3n) is 4.09. The van der Waals surface area contributed by atoms with Crippen LogP contribution >= 0.6 is 11.6 Å². The molecule has 0 aromatic heterocycles. The standard InChI is InChI=1S/C13H24N2O.C5H9ClN2.C2H6/c1-5-11(2)15-8-6-12(7-9-15)10-13(16)14(3)4;1-4(6)3-5(2)8-7;1-2/h5,12H,6-10H2,1-4H3;3,8H,1,7H2,2H3;1-2H3/b11-5-;5-3+;. The van der Waals surface area contributed by atoms with Gasteiger partial charge in [-0.2, -0.15) is 0 Å². The van der Waals surface area contributed by atoms with Gasteiger partial charge in [0.15, 0.2) is 0 Å². The van der Waals surface area contributed by atoms with Crippen LogP contribution in [0.25, 0.3) is 0 Å². The minimum atomic E-state index is 0.265. The molecule has 0 bridgehead atoms. The first kappa shape index (κ1) is 26.8. The van der Waals surface area contributed by atoms with E-state index < -0.39 is 0 Å². The van der Waals surface area contributed by atoms with Gasteiger partial charge in [0.05, 0.1) is 0 Å². The maximum absolute atomic E-state index is 11.6. The van der Waals surface area contributed by atoms with Crippen molar-refractivity contribution in [2.45, 2.75) is 53.9 Å². The third kappa shape index (κ3) is 12.8. The molecule has 0 unspecified atom stereocenters. The number of nitrogens with two attached hydrogens (primary N) is 1. The van der Waals surface area contributed by atoms with Gasteiger partial charge in [0.25, 0.3) is 0 Å². The van der Waals surface area contributed by atoms with E-state index in [2.05, 4.69) is 36.8 Å². The molecule has 1 rings (SSSR count). The molecule has 6 heteroatoms. The molecule has 152 valence electrons. The minimum absolute atomic E-state index is 0.265. The van der Waals surface area contributed by atoms with Crippen LogP contribution in [0.1, 0.15) is 53.9 Å². The van der Waals surface area contributed by atoms with Crippen molar-refractivity contribution in [2.24, 2.45) is 11.8 Å². The number of carbonyl (C=O) groups excluding carboxylic acids is 1. The number of amides is 1. The van der Waals surface area contributed by atoms with Gasteiger partial charge in [-0.3, -0.25) is 10.6 Å². The summed E-state index contributed by atoms with van der Waals surface area (Å²) in [5.41, 5.74) is 4.57. The zero-order valence-electron chi connectivity index (χ0n) is 17.7. The summed E-state index contributed by atoms with van der Waals surface area (Å²) in [6, 6.07) is 0. The van der Waals surface area contributed by atoms with Gasteiger partial charge in [-0.25, -0.2) is 0 Å². The van der Waals surface area contributed by atoms with Crippen LogP contribution in [0.4, 0.5) is 0 Å². The molecule has 1 fully saturated rings. The van der Waals surface area contributed by atoms with E-state index in [-0.39, 0.29) is 5.91 Å². The summed E-state index contributed by atoms with van der Waals surface area (Å²) < 4.78 is 0. The van der Waals surface area contributed by atoms with Crippen molar-refractivity contribution in [2.75, 3.05) is 27.2 Å². The lowest BCUT2D eigenvalue weighted by Crippen LogP contribution is -2.34. The van der Waals surface area contributed by atoms with E-state index >= 15 is 0 Å². The highest BCUT2D eigenvalue weighted by molar-refractivity contribution is 6.30. The maximum atomic E-state index is 11.6. The number of rotatable bonds is 5. The van der Waals surface area contributed by atoms with E-state index in [1.54, 1.807) is 17.9 Å². The van der Waals surface area contributed by atoms with E-state index in [0.29, 0.717) is 11.0 Å². The Kier molecular flexibility index (Phi) is 16.2. The Bertz CT molecular complexity index is 464. The fourth-order valence-corrected chi connectivity index (χ4v) is 2.54. The van der Waals surface area contributed by atoms with E-state index in [1.807, 2.05) is 27.9 Å². The topological polar surface area (TPSA) is 61.6 Å². The van der Waals surface area contributed by atoms with Crippen molar-refractivity contribution in [3.63, 3.8) is 0 Å². The second-order valence-corrected chi connectivity index (χ2v) is 6.76. The summed E-state index contributed by atoms with van der Waals surface area (Å²) in [7, 11) is 3.67.